The molecular formula is C21H23FN2O3. The van der Waals surface area contributed by atoms with Gasteiger partial charge < -0.3 is 10.1 Å². The number of methoxy groups -OCH3 is 1. The number of amides is 1. The van der Waals surface area contributed by atoms with E-state index in [0.29, 0.717) is 29.2 Å². The zero-order chi connectivity index (χ0) is 19.2. The number of benzene rings is 1. The predicted molar refractivity (Wildman–Crippen MR) is 99.5 cm³/mol. The lowest BCUT2D eigenvalue weighted by molar-refractivity contribution is -0.142. The van der Waals surface area contributed by atoms with Crippen LogP contribution in [0.5, 0.6) is 0 Å². The van der Waals surface area contributed by atoms with Crippen LogP contribution in [0.1, 0.15) is 42.5 Å². The number of rotatable bonds is 5. The first-order chi connectivity index (χ1) is 13.0. The molecule has 0 spiro atoms. The summed E-state index contributed by atoms with van der Waals surface area (Å²) in [7, 11) is 1.40. The number of carbonyl (C=O) groups is 2. The quantitative estimate of drug-likeness (QED) is 0.814. The molecule has 1 aromatic carbocycles. The molecule has 1 aliphatic carbocycles. The number of halogens is 1. The molecule has 0 atom stereocenters. The summed E-state index contributed by atoms with van der Waals surface area (Å²) < 4.78 is 18.0. The highest BCUT2D eigenvalue weighted by Gasteiger charge is 2.24. The van der Waals surface area contributed by atoms with Crippen LogP contribution >= 0.6 is 0 Å². The Balaban J connectivity index is 1.54. The number of nitrogens with zero attached hydrogens (tertiary/aromatic N) is 1. The van der Waals surface area contributed by atoms with Crippen LogP contribution in [0.15, 0.2) is 42.6 Å². The summed E-state index contributed by atoms with van der Waals surface area (Å²) in [4.78, 5) is 28.1. The number of hydrogen-bond acceptors (Lipinski definition) is 4. The Labute approximate surface area is 158 Å². The molecule has 0 saturated heterocycles. The molecule has 2 aromatic rings. The van der Waals surface area contributed by atoms with E-state index in [0.717, 1.165) is 25.7 Å². The van der Waals surface area contributed by atoms with Crippen LogP contribution < -0.4 is 5.32 Å². The lowest BCUT2D eigenvalue weighted by Crippen LogP contribution is -2.38. The van der Waals surface area contributed by atoms with E-state index in [9.17, 15) is 14.0 Å². The fourth-order valence-corrected chi connectivity index (χ4v) is 3.45. The Kier molecular flexibility index (Phi) is 6.16. The molecule has 6 heteroatoms. The van der Waals surface area contributed by atoms with Gasteiger partial charge in [-0.2, -0.15) is 0 Å². The van der Waals surface area contributed by atoms with Crippen molar-refractivity contribution in [3.05, 3.63) is 54.0 Å². The van der Waals surface area contributed by atoms with Crippen LogP contribution in [0.25, 0.3) is 11.3 Å². The molecular weight excluding hydrogens is 347 g/mol. The summed E-state index contributed by atoms with van der Waals surface area (Å²) in [5.74, 6) is -0.326. The topological polar surface area (TPSA) is 68.3 Å². The van der Waals surface area contributed by atoms with Gasteiger partial charge >= 0.3 is 5.97 Å². The van der Waals surface area contributed by atoms with E-state index in [1.54, 1.807) is 24.3 Å². The number of pyridine rings is 1. The molecule has 27 heavy (non-hydrogen) atoms. The number of hydrogen-bond donors (Lipinski definition) is 1. The molecule has 1 fully saturated rings. The van der Waals surface area contributed by atoms with Crippen LogP contribution in [0.4, 0.5) is 4.39 Å². The van der Waals surface area contributed by atoms with Crippen LogP contribution in [0, 0.1) is 11.7 Å². The Morgan fingerprint density at radius 1 is 1.19 bits per heavy atom. The number of aromatic nitrogens is 1. The largest absolute Gasteiger partial charge is 0.469 e. The van der Waals surface area contributed by atoms with E-state index in [1.807, 2.05) is 0 Å². The van der Waals surface area contributed by atoms with E-state index >= 15 is 0 Å². The predicted octanol–water partition coefficient (Wildman–Crippen LogP) is 3.74. The van der Waals surface area contributed by atoms with Crippen molar-refractivity contribution in [2.24, 2.45) is 5.92 Å². The van der Waals surface area contributed by atoms with Gasteiger partial charge in [-0.05, 0) is 55.9 Å². The number of carbonyl (C=O) groups excluding carboxylic acids is 2. The molecule has 1 heterocycles. The van der Waals surface area contributed by atoms with Gasteiger partial charge in [0, 0.05) is 24.2 Å². The second-order valence-corrected chi connectivity index (χ2v) is 6.91. The fourth-order valence-electron chi connectivity index (χ4n) is 3.45. The average molecular weight is 370 g/mol. The minimum Gasteiger partial charge on any atom is -0.469 e. The molecule has 142 valence electrons. The van der Waals surface area contributed by atoms with Gasteiger partial charge in [0.25, 0.3) is 5.91 Å². The van der Waals surface area contributed by atoms with Gasteiger partial charge in [0.15, 0.2) is 0 Å². The normalized spacial score (nSPS) is 19.3. The summed E-state index contributed by atoms with van der Waals surface area (Å²) in [6.45, 7) is 0. The first-order valence-corrected chi connectivity index (χ1v) is 9.15. The van der Waals surface area contributed by atoms with Crippen molar-refractivity contribution in [3.8, 4) is 11.3 Å². The van der Waals surface area contributed by atoms with Gasteiger partial charge in [-0.3, -0.25) is 14.6 Å². The van der Waals surface area contributed by atoms with Crippen molar-refractivity contribution in [1.29, 1.82) is 0 Å². The Bertz CT molecular complexity index is 799. The second kappa shape index (κ2) is 8.75. The van der Waals surface area contributed by atoms with Crippen molar-refractivity contribution in [2.75, 3.05) is 7.11 Å². The van der Waals surface area contributed by atoms with Crippen molar-refractivity contribution in [2.45, 2.75) is 38.1 Å². The Hall–Kier alpha value is -2.76. The Morgan fingerprint density at radius 3 is 2.59 bits per heavy atom. The molecule has 1 aliphatic rings. The zero-order valence-corrected chi connectivity index (χ0v) is 15.3. The first-order valence-electron chi connectivity index (χ1n) is 9.15. The molecule has 0 bridgehead atoms. The SMILES string of the molecule is COC(=O)C[C@H]1CC[C@@H](NC(=O)c2ccc(-c3cccc(F)c3)nc2)CC1. The van der Waals surface area contributed by atoms with Gasteiger partial charge in [0.05, 0.1) is 18.4 Å². The third-order valence-electron chi connectivity index (χ3n) is 5.01. The molecule has 5 nitrogen and oxygen atoms in total. The average Bonchev–Trinajstić information content (AvgIpc) is 2.69. The lowest BCUT2D eigenvalue weighted by Gasteiger charge is -2.28. The monoisotopic (exact) mass is 370 g/mol. The maximum Gasteiger partial charge on any atom is 0.305 e. The van der Waals surface area contributed by atoms with E-state index in [4.69, 9.17) is 4.74 Å². The van der Waals surface area contributed by atoms with Crippen LogP contribution in [-0.2, 0) is 9.53 Å². The summed E-state index contributed by atoms with van der Waals surface area (Å²) in [5, 5.41) is 3.04. The minimum absolute atomic E-state index is 0.106. The highest BCUT2D eigenvalue weighted by Crippen LogP contribution is 2.27. The van der Waals surface area contributed by atoms with Crippen molar-refractivity contribution >= 4 is 11.9 Å². The third-order valence-corrected chi connectivity index (χ3v) is 5.01. The molecule has 1 N–H and O–H groups in total. The van der Waals surface area contributed by atoms with Crippen LogP contribution in [-0.4, -0.2) is 30.0 Å². The summed E-state index contributed by atoms with van der Waals surface area (Å²) in [6, 6.07) is 9.72. The standard InChI is InChI=1S/C21H23FN2O3/c1-27-20(25)11-14-5-8-18(9-6-14)24-21(26)16-7-10-19(23-13-16)15-3-2-4-17(22)12-15/h2-4,7,10,12-14,18H,5-6,8-9,11H2,1H3,(H,24,26)/t14-,18+. The molecule has 0 radical (unpaired) electrons. The van der Waals surface area contributed by atoms with Gasteiger partial charge in [0.2, 0.25) is 0 Å². The third kappa shape index (κ3) is 5.12. The van der Waals surface area contributed by atoms with Crippen LogP contribution in [0.3, 0.4) is 0 Å². The van der Waals surface area contributed by atoms with E-state index < -0.39 is 0 Å². The second-order valence-electron chi connectivity index (χ2n) is 6.91. The highest BCUT2D eigenvalue weighted by molar-refractivity contribution is 5.94. The van der Waals surface area contributed by atoms with Crippen molar-refractivity contribution < 1.29 is 18.7 Å². The Morgan fingerprint density at radius 2 is 1.96 bits per heavy atom. The van der Waals surface area contributed by atoms with Crippen LogP contribution in [0.2, 0.25) is 0 Å². The lowest BCUT2D eigenvalue weighted by atomic mass is 9.84. The maximum atomic E-state index is 13.3. The number of ether oxygens (including phenoxy) is 1. The summed E-state index contributed by atoms with van der Waals surface area (Å²) in [6.07, 6.45) is 5.46. The molecule has 3 rings (SSSR count). The minimum atomic E-state index is -0.320. The van der Waals surface area contributed by atoms with Gasteiger partial charge in [-0.15, -0.1) is 0 Å². The zero-order valence-electron chi connectivity index (χ0n) is 15.3. The van der Waals surface area contributed by atoms with E-state index in [1.165, 1.54) is 25.4 Å². The van der Waals surface area contributed by atoms with Gasteiger partial charge in [-0.1, -0.05) is 12.1 Å². The van der Waals surface area contributed by atoms with Crippen molar-refractivity contribution in [1.82, 2.24) is 10.3 Å². The summed E-state index contributed by atoms with van der Waals surface area (Å²) in [5.41, 5.74) is 1.77. The number of esters is 1. The van der Waals surface area contributed by atoms with Gasteiger partial charge in [0.1, 0.15) is 5.82 Å². The molecule has 1 saturated carbocycles. The fraction of sp³-hybridized carbons (Fsp3) is 0.381. The molecule has 0 aliphatic heterocycles. The molecule has 0 unspecified atom stereocenters. The first kappa shape index (κ1) is 19.0. The van der Waals surface area contributed by atoms with E-state index in [2.05, 4.69) is 10.3 Å². The molecule has 1 aromatic heterocycles. The summed E-state index contributed by atoms with van der Waals surface area (Å²) >= 11 is 0. The maximum absolute atomic E-state index is 13.3. The van der Waals surface area contributed by atoms with Gasteiger partial charge in [-0.25, -0.2) is 4.39 Å². The number of nitrogens with one attached hydrogen (secondary N) is 1. The molecule has 1 amide bonds. The smallest absolute Gasteiger partial charge is 0.305 e. The highest BCUT2D eigenvalue weighted by atomic mass is 19.1. The van der Waals surface area contributed by atoms with Crippen molar-refractivity contribution in [3.63, 3.8) is 0 Å². The van der Waals surface area contributed by atoms with E-state index in [-0.39, 0.29) is 23.7 Å².